The molecule has 1 fully saturated rings. The van der Waals surface area contributed by atoms with Crippen molar-refractivity contribution in [1.29, 1.82) is 0 Å². The van der Waals surface area contributed by atoms with Crippen LogP contribution in [0.25, 0.3) is 10.9 Å². The van der Waals surface area contributed by atoms with E-state index in [0.29, 0.717) is 6.61 Å². The number of fused-ring (bicyclic) bond motifs is 1. The molecular formula is C31H35N3O2. The third-order valence-corrected chi connectivity index (χ3v) is 7.04. The van der Waals surface area contributed by atoms with Crippen LogP contribution in [0.4, 0.5) is 11.4 Å². The monoisotopic (exact) mass is 481 g/mol. The Morgan fingerprint density at radius 1 is 0.944 bits per heavy atom. The second kappa shape index (κ2) is 10.7. The number of anilines is 2. The first-order valence-corrected chi connectivity index (χ1v) is 12.8. The van der Waals surface area contributed by atoms with Crippen LogP contribution >= 0.6 is 0 Å². The highest BCUT2D eigenvalue weighted by atomic mass is 16.5. The van der Waals surface area contributed by atoms with Gasteiger partial charge in [-0.1, -0.05) is 54.1 Å². The summed E-state index contributed by atoms with van der Waals surface area (Å²) in [4.78, 5) is 7.02. The summed E-state index contributed by atoms with van der Waals surface area (Å²) < 4.78 is 6.10. The Morgan fingerprint density at radius 2 is 1.75 bits per heavy atom. The lowest BCUT2D eigenvalue weighted by atomic mass is 9.85. The first-order valence-electron chi connectivity index (χ1n) is 12.8. The van der Waals surface area contributed by atoms with Crippen LogP contribution in [0.5, 0.6) is 5.75 Å². The maximum Gasteiger partial charge on any atom is 0.121 e. The van der Waals surface area contributed by atoms with Crippen LogP contribution in [0, 0.1) is 13.8 Å². The third-order valence-electron chi connectivity index (χ3n) is 7.04. The molecule has 1 saturated heterocycles. The van der Waals surface area contributed by atoms with Gasteiger partial charge < -0.3 is 15.2 Å². The van der Waals surface area contributed by atoms with Crippen LogP contribution in [0.1, 0.15) is 29.7 Å². The molecule has 0 spiro atoms. The second-order valence-electron chi connectivity index (χ2n) is 10.1. The minimum absolute atomic E-state index is 0.610. The number of hydrogen-bond acceptors (Lipinski definition) is 5. The zero-order chi connectivity index (χ0) is 25.0. The number of nitrogens with zero attached hydrogens (tertiary/aromatic N) is 2. The van der Waals surface area contributed by atoms with Gasteiger partial charge in [-0.15, -0.1) is 0 Å². The third kappa shape index (κ3) is 6.04. The fourth-order valence-electron chi connectivity index (χ4n) is 5.09. The second-order valence-corrected chi connectivity index (χ2v) is 10.1. The number of rotatable bonds is 8. The van der Waals surface area contributed by atoms with Gasteiger partial charge in [0.25, 0.3) is 0 Å². The number of ether oxygens (including phenoxy) is 1. The Balaban J connectivity index is 1.13. The predicted octanol–water partition coefficient (Wildman–Crippen LogP) is 6.04. The van der Waals surface area contributed by atoms with Gasteiger partial charge in [-0.05, 0) is 56.5 Å². The van der Waals surface area contributed by atoms with E-state index in [0.717, 1.165) is 72.6 Å². The smallest absolute Gasteiger partial charge is 0.121 e. The standard InChI is InChI=1S/C31H35N3O2/c1-23-7-5-8-25(19-23)22-31(35)13-15-34(16-14-31)17-18-36-27-10-6-9-26(21-27)33-30-20-24(2)32-29-12-4-3-11-28(29)30/h3-12,19-21,35H,13-18,22H2,1-2H3,(H,32,33). The van der Waals surface area contributed by atoms with Crippen molar-refractivity contribution in [2.75, 3.05) is 31.6 Å². The zero-order valence-electron chi connectivity index (χ0n) is 21.2. The maximum atomic E-state index is 11.1. The lowest BCUT2D eigenvalue weighted by Gasteiger charge is -2.38. The highest BCUT2D eigenvalue weighted by molar-refractivity contribution is 5.93. The molecule has 36 heavy (non-hydrogen) atoms. The van der Waals surface area contributed by atoms with Crippen molar-refractivity contribution >= 4 is 22.3 Å². The Kier molecular flexibility index (Phi) is 7.21. The van der Waals surface area contributed by atoms with E-state index in [1.807, 2.05) is 43.3 Å². The van der Waals surface area contributed by atoms with Gasteiger partial charge in [-0.2, -0.15) is 0 Å². The number of benzene rings is 3. The Labute approximate surface area is 213 Å². The fraction of sp³-hybridized carbons (Fsp3) is 0.323. The highest BCUT2D eigenvalue weighted by Gasteiger charge is 2.32. The molecule has 1 aliphatic heterocycles. The first-order chi connectivity index (χ1) is 17.5. The van der Waals surface area contributed by atoms with Gasteiger partial charge >= 0.3 is 0 Å². The van der Waals surface area contributed by atoms with Crippen molar-refractivity contribution in [2.45, 2.75) is 38.7 Å². The number of aromatic nitrogens is 1. The molecule has 0 amide bonds. The molecule has 0 radical (unpaired) electrons. The van der Waals surface area contributed by atoms with Crippen molar-refractivity contribution in [3.63, 3.8) is 0 Å². The molecule has 2 N–H and O–H groups in total. The predicted molar refractivity (Wildman–Crippen MR) is 147 cm³/mol. The Morgan fingerprint density at radius 3 is 2.58 bits per heavy atom. The molecule has 5 nitrogen and oxygen atoms in total. The summed E-state index contributed by atoms with van der Waals surface area (Å²) in [6.07, 6.45) is 2.31. The highest BCUT2D eigenvalue weighted by Crippen LogP contribution is 2.29. The van der Waals surface area contributed by atoms with Crippen LogP contribution in [-0.4, -0.2) is 46.8 Å². The minimum Gasteiger partial charge on any atom is -0.492 e. The topological polar surface area (TPSA) is 57.6 Å². The Hall–Kier alpha value is -3.41. The molecule has 3 aromatic carbocycles. The number of likely N-dealkylation sites (tertiary alicyclic amines) is 1. The van der Waals surface area contributed by atoms with Crippen molar-refractivity contribution in [2.24, 2.45) is 0 Å². The SMILES string of the molecule is Cc1cccc(CC2(O)CCN(CCOc3cccc(Nc4cc(C)nc5ccccc45)c3)CC2)c1. The minimum atomic E-state index is -0.610. The van der Waals surface area contributed by atoms with Gasteiger partial charge in [0.05, 0.1) is 11.1 Å². The number of para-hydroxylation sites is 1. The summed E-state index contributed by atoms with van der Waals surface area (Å²) >= 11 is 0. The van der Waals surface area contributed by atoms with E-state index in [9.17, 15) is 5.11 Å². The summed E-state index contributed by atoms with van der Waals surface area (Å²) in [5.74, 6) is 0.850. The molecule has 0 saturated carbocycles. The number of aryl methyl sites for hydroxylation is 2. The van der Waals surface area contributed by atoms with Crippen LogP contribution < -0.4 is 10.1 Å². The van der Waals surface area contributed by atoms with Crippen molar-refractivity contribution in [3.8, 4) is 5.75 Å². The molecule has 1 aromatic heterocycles. The summed E-state index contributed by atoms with van der Waals surface area (Å²) in [5.41, 5.74) is 5.85. The molecular weight excluding hydrogens is 446 g/mol. The van der Waals surface area contributed by atoms with Crippen molar-refractivity contribution in [3.05, 3.63) is 95.7 Å². The van der Waals surface area contributed by atoms with E-state index in [4.69, 9.17) is 4.74 Å². The van der Waals surface area contributed by atoms with E-state index in [1.165, 1.54) is 11.1 Å². The summed E-state index contributed by atoms with van der Waals surface area (Å²) in [5, 5.41) is 15.7. The van der Waals surface area contributed by atoms with E-state index >= 15 is 0 Å². The fourth-order valence-corrected chi connectivity index (χ4v) is 5.09. The number of aliphatic hydroxyl groups is 1. The summed E-state index contributed by atoms with van der Waals surface area (Å²) in [7, 11) is 0. The average molecular weight is 482 g/mol. The van der Waals surface area contributed by atoms with Gasteiger partial charge in [0.2, 0.25) is 0 Å². The van der Waals surface area contributed by atoms with E-state index in [2.05, 4.69) is 64.6 Å². The summed E-state index contributed by atoms with van der Waals surface area (Å²) in [6, 6.07) is 26.8. The zero-order valence-corrected chi connectivity index (χ0v) is 21.2. The van der Waals surface area contributed by atoms with Crippen LogP contribution in [0.3, 0.4) is 0 Å². The molecule has 5 heteroatoms. The molecule has 186 valence electrons. The van der Waals surface area contributed by atoms with E-state index < -0.39 is 5.60 Å². The van der Waals surface area contributed by atoms with Gasteiger partial charge in [0.15, 0.2) is 0 Å². The number of nitrogens with one attached hydrogen (secondary N) is 1. The first kappa shape index (κ1) is 24.3. The van der Waals surface area contributed by atoms with Crippen molar-refractivity contribution < 1.29 is 9.84 Å². The average Bonchev–Trinajstić information content (AvgIpc) is 2.85. The summed E-state index contributed by atoms with van der Waals surface area (Å²) in [6.45, 7) is 7.37. The van der Waals surface area contributed by atoms with E-state index in [-0.39, 0.29) is 0 Å². The number of hydrogen-bond donors (Lipinski definition) is 2. The number of piperidine rings is 1. The van der Waals surface area contributed by atoms with Gasteiger partial charge in [0, 0.05) is 54.6 Å². The van der Waals surface area contributed by atoms with Crippen molar-refractivity contribution in [1.82, 2.24) is 9.88 Å². The quantitative estimate of drug-likeness (QED) is 0.321. The maximum absolute atomic E-state index is 11.1. The van der Waals surface area contributed by atoms with Gasteiger partial charge in [-0.3, -0.25) is 9.88 Å². The van der Waals surface area contributed by atoms with Crippen LogP contribution in [-0.2, 0) is 6.42 Å². The molecule has 4 aromatic rings. The van der Waals surface area contributed by atoms with Crippen LogP contribution in [0.2, 0.25) is 0 Å². The lowest BCUT2D eigenvalue weighted by molar-refractivity contribution is -0.0226. The molecule has 5 rings (SSSR count). The lowest BCUT2D eigenvalue weighted by Crippen LogP contribution is -2.46. The number of pyridine rings is 1. The normalized spacial score (nSPS) is 15.6. The molecule has 0 atom stereocenters. The molecule has 0 bridgehead atoms. The Bertz CT molecular complexity index is 1330. The van der Waals surface area contributed by atoms with Crippen LogP contribution in [0.15, 0.2) is 78.9 Å². The molecule has 2 heterocycles. The largest absolute Gasteiger partial charge is 0.492 e. The molecule has 0 aliphatic carbocycles. The van der Waals surface area contributed by atoms with Gasteiger partial charge in [0.1, 0.15) is 12.4 Å². The molecule has 1 aliphatic rings. The van der Waals surface area contributed by atoms with Gasteiger partial charge in [-0.25, -0.2) is 0 Å². The molecule has 0 unspecified atom stereocenters. The van der Waals surface area contributed by atoms with E-state index in [1.54, 1.807) is 0 Å².